The Morgan fingerprint density at radius 2 is 2.24 bits per heavy atom. The van der Waals surface area contributed by atoms with Crippen LogP contribution in [0.4, 0.5) is 0 Å². The largest absolute Gasteiger partial charge is 0.375 e. The highest BCUT2D eigenvalue weighted by atomic mass is 32.1. The van der Waals surface area contributed by atoms with Gasteiger partial charge in [0.15, 0.2) is 0 Å². The van der Waals surface area contributed by atoms with E-state index in [9.17, 15) is 4.79 Å². The van der Waals surface area contributed by atoms with Crippen LogP contribution in [-0.4, -0.2) is 59.6 Å². The molecule has 0 aliphatic carbocycles. The quantitative estimate of drug-likeness (QED) is 0.846. The molecule has 4 heterocycles. The molecule has 132 valence electrons. The smallest absolute Gasteiger partial charge is 0.272 e. The van der Waals surface area contributed by atoms with E-state index in [0.717, 1.165) is 38.5 Å². The predicted octanol–water partition coefficient (Wildman–Crippen LogP) is 2.42. The average molecular weight is 357 g/mol. The van der Waals surface area contributed by atoms with Crippen molar-refractivity contribution < 1.29 is 9.53 Å². The zero-order chi connectivity index (χ0) is 17.2. The van der Waals surface area contributed by atoms with Crippen molar-refractivity contribution in [2.45, 2.75) is 19.6 Å². The highest BCUT2D eigenvalue weighted by Crippen LogP contribution is 2.25. The number of pyridine rings is 1. The van der Waals surface area contributed by atoms with Gasteiger partial charge in [-0.3, -0.25) is 9.69 Å². The van der Waals surface area contributed by atoms with Crippen LogP contribution in [0.25, 0.3) is 0 Å². The Kier molecular flexibility index (Phi) is 4.83. The molecule has 0 spiro atoms. The lowest BCUT2D eigenvalue weighted by Gasteiger charge is -2.23. The number of hydrogen-bond acceptors (Lipinski definition) is 5. The summed E-state index contributed by atoms with van der Waals surface area (Å²) < 4.78 is 6.06. The van der Waals surface area contributed by atoms with Gasteiger partial charge in [-0.2, -0.15) is 11.3 Å². The monoisotopic (exact) mass is 357 g/mol. The van der Waals surface area contributed by atoms with Crippen LogP contribution in [0.1, 0.15) is 21.7 Å². The molecule has 0 radical (unpaired) electrons. The van der Waals surface area contributed by atoms with E-state index in [4.69, 9.17) is 4.74 Å². The topological polar surface area (TPSA) is 45.7 Å². The zero-order valence-corrected chi connectivity index (χ0v) is 15.2. The highest BCUT2D eigenvalue weighted by Gasteiger charge is 2.38. The average Bonchev–Trinajstić information content (AvgIpc) is 3.21. The first-order chi connectivity index (χ1) is 12.2. The van der Waals surface area contributed by atoms with Crippen LogP contribution >= 0.6 is 11.3 Å². The Morgan fingerprint density at radius 3 is 3.04 bits per heavy atom. The summed E-state index contributed by atoms with van der Waals surface area (Å²) in [4.78, 5) is 21.5. The van der Waals surface area contributed by atoms with Gasteiger partial charge in [-0.1, -0.05) is 6.07 Å². The van der Waals surface area contributed by atoms with Gasteiger partial charge in [-0.05, 0) is 41.4 Å². The molecule has 0 saturated carbocycles. The maximum Gasteiger partial charge on any atom is 0.272 e. The molecule has 2 aromatic heterocycles. The lowest BCUT2D eigenvalue weighted by molar-refractivity contribution is 0.0482. The van der Waals surface area contributed by atoms with Crippen molar-refractivity contribution in [1.29, 1.82) is 0 Å². The summed E-state index contributed by atoms with van der Waals surface area (Å²) in [6, 6.07) is 7.79. The van der Waals surface area contributed by atoms with E-state index < -0.39 is 0 Å². The Labute approximate surface area is 152 Å². The van der Waals surface area contributed by atoms with E-state index in [2.05, 4.69) is 26.7 Å². The van der Waals surface area contributed by atoms with Crippen molar-refractivity contribution in [3.63, 3.8) is 0 Å². The van der Waals surface area contributed by atoms with Crippen molar-refractivity contribution in [2.24, 2.45) is 5.92 Å². The Hall–Kier alpha value is -1.76. The number of thiophene rings is 1. The fourth-order valence-electron chi connectivity index (χ4n) is 3.74. The molecular formula is C19H23N3O2S. The van der Waals surface area contributed by atoms with E-state index in [1.807, 2.05) is 24.0 Å². The van der Waals surface area contributed by atoms with Gasteiger partial charge in [0.1, 0.15) is 5.69 Å². The molecule has 2 aliphatic rings. The van der Waals surface area contributed by atoms with Crippen LogP contribution in [0.2, 0.25) is 0 Å². The van der Waals surface area contributed by atoms with Crippen LogP contribution in [0.15, 0.2) is 35.0 Å². The molecule has 25 heavy (non-hydrogen) atoms. The van der Waals surface area contributed by atoms with Gasteiger partial charge in [-0.25, -0.2) is 4.98 Å². The number of carbonyl (C=O) groups is 1. The van der Waals surface area contributed by atoms with Gasteiger partial charge >= 0.3 is 0 Å². The fraction of sp³-hybridized carbons (Fsp3) is 0.474. The molecule has 2 aromatic rings. The van der Waals surface area contributed by atoms with Crippen LogP contribution in [0.5, 0.6) is 0 Å². The number of aromatic nitrogens is 1. The molecule has 4 rings (SSSR count). The van der Waals surface area contributed by atoms with Crippen molar-refractivity contribution in [3.05, 3.63) is 52.0 Å². The summed E-state index contributed by atoms with van der Waals surface area (Å²) in [7, 11) is 0. The molecule has 0 aromatic carbocycles. The van der Waals surface area contributed by atoms with Gasteiger partial charge in [0, 0.05) is 44.3 Å². The van der Waals surface area contributed by atoms with E-state index in [1.54, 1.807) is 17.4 Å². The number of amides is 1. The third-order valence-electron chi connectivity index (χ3n) is 4.99. The molecule has 0 N–H and O–H groups in total. The predicted molar refractivity (Wildman–Crippen MR) is 97.7 cm³/mol. The minimum atomic E-state index is 0.0183. The molecule has 2 fully saturated rings. The van der Waals surface area contributed by atoms with E-state index >= 15 is 0 Å². The van der Waals surface area contributed by atoms with Crippen molar-refractivity contribution in [1.82, 2.24) is 14.8 Å². The molecule has 2 atom stereocenters. The minimum absolute atomic E-state index is 0.0183. The van der Waals surface area contributed by atoms with Crippen LogP contribution in [-0.2, 0) is 11.3 Å². The molecule has 0 bridgehead atoms. The standard InChI is InChI=1S/C19H23N3O2S/c1-14-3-2-4-17(20-14)19(23)22-11-16-10-21(6-7-24-18(16)12-22)9-15-5-8-25-13-15/h2-5,8,13,16,18H,6-7,9-12H2,1H3/t16-,18+/m0/s1. The molecule has 6 heteroatoms. The van der Waals surface area contributed by atoms with Gasteiger partial charge in [0.25, 0.3) is 5.91 Å². The third kappa shape index (κ3) is 3.76. The maximum atomic E-state index is 12.8. The zero-order valence-electron chi connectivity index (χ0n) is 14.4. The summed E-state index contributed by atoms with van der Waals surface area (Å²) in [5.41, 5.74) is 2.77. The van der Waals surface area contributed by atoms with E-state index in [-0.39, 0.29) is 12.0 Å². The third-order valence-corrected chi connectivity index (χ3v) is 5.73. The van der Waals surface area contributed by atoms with Crippen LogP contribution in [0.3, 0.4) is 0 Å². The van der Waals surface area contributed by atoms with Crippen molar-refractivity contribution >= 4 is 17.2 Å². The van der Waals surface area contributed by atoms with Crippen molar-refractivity contribution in [3.8, 4) is 0 Å². The second-order valence-electron chi connectivity index (χ2n) is 6.91. The molecule has 0 unspecified atom stereocenters. The molecule has 5 nitrogen and oxygen atoms in total. The fourth-order valence-corrected chi connectivity index (χ4v) is 4.40. The summed E-state index contributed by atoms with van der Waals surface area (Å²) in [6.07, 6.45) is 0.140. The van der Waals surface area contributed by atoms with Gasteiger partial charge in [0.2, 0.25) is 0 Å². The lowest BCUT2D eigenvalue weighted by Crippen LogP contribution is -2.34. The molecular weight excluding hydrogens is 334 g/mol. The minimum Gasteiger partial charge on any atom is -0.375 e. The molecule has 1 amide bonds. The Bertz CT molecular complexity index is 734. The normalized spacial score (nSPS) is 24.1. The van der Waals surface area contributed by atoms with Crippen molar-refractivity contribution in [2.75, 3.05) is 32.8 Å². The number of aryl methyl sites for hydroxylation is 1. The SMILES string of the molecule is Cc1cccc(C(=O)N2C[C@@H]3CN(Cc4ccsc4)CCO[C@@H]3C2)n1. The van der Waals surface area contributed by atoms with Crippen LogP contribution in [0, 0.1) is 12.8 Å². The number of hydrogen-bond donors (Lipinski definition) is 0. The summed E-state index contributed by atoms with van der Waals surface area (Å²) in [5, 5.41) is 4.33. The number of likely N-dealkylation sites (tertiary alicyclic amines) is 1. The summed E-state index contributed by atoms with van der Waals surface area (Å²) in [6.45, 7) is 6.96. The Morgan fingerprint density at radius 1 is 1.32 bits per heavy atom. The molecule has 2 saturated heterocycles. The second kappa shape index (κ2) is 7.23. The van der Waals surface area contributed by atoms with E-state index in [1.165, 1.54) is 5.56 Å². The number of nitrogens with zero attached hydrogens (tertiary/aromatic N) is 3. The highest BCUT2D eigenvalue weighted by molar-refractivity contribution is 7.07. The Balaban J connectivity index is 1.42. The number of ether oxygens (including phenoxy) is 1. The first-order valence-corrected chi connectivity index (χ1v) is 9.71. The summed E-state index contributed by atoms with van der Waals surface area (Å²) >= 11 is 1.74. The maximum absolute atomic E-state index is 12.8. The van der Waals surface area contributed by atoms with E-state index in [0.29, 0.717) is 18.2 Å². The number of fused-ring (bicyclic) bond motifs is 1. The lowest BCUT2D eigenvalue weighted by atomic mass is 10.1. The number of carbonyl (C=O) groups excluding carboxylic acids is 1. The first kappa shape index (κ1) is 16.7. The van der Waals surface area contributed by atoms with Gasteiger partial charge in [-0.15, -0.1) is 0 Å². The van der Waals surface area contributed by atoms with Gasteiger partial charge in [0.05, 0.1) is 12.7 Å². The first-order valence-electron chi connectivity index (χ1n) is 8.77. The van der Waals surface area contributed by atoms with Gasteiger partial charge < -0.3 is 9.64 Å². The van der Waals surface area contributed by atoms with Crippen LogP contribution < -0.4 is 0 Å². The molecule has 2 aliphatic heterocycles. The second-order valence-corrected chi connectivity index (χ2v) is 7.69. The number of rotatable bonds is 3. The summed E-state index contributed by atoms with van der Waals surface area (Å²) in [5.74, 6) is 0.389.